The second-order valence-electron chi connectivity index (χ2n) is 5.16. The third-order valence-electron chi connectivity index (χ3n) is 3.32. The Morgan fingerprint density at radius 1 is 1.24 bits per heavy atom. The lowest BCUT2D eigenvalue weighted by atomic mass is 10.2. The van der Waals surface area contributed by atoms with Crippen molar-refractivity contribution in [2.45, 2.75) is 19.9 Å². The highest BCUT2D eigenvalue weighted by atomic mass is 127. The van der Waals surface area contributed by atoms with Gasteiger partial charge in [0.2, 0.25) is 0 Å². The second kappa shape index (κ2) is 12.4. The molecule has 0 atom stereocenters. The zero-order valence-electron chi connectivity index (χ0n) is 14.5. The lowest BCUT2D eigenvalue weighted by molar-refractivity contribution is 0.359. The SMILES string of the molecule is C=CCOc1ccccc1CN=C(NCC)NCCc1ccco1.I. The molecule has 0 saturated heterocycles. The number of para-hydroxylation sites is 1. The van der Waals surface area contributed by atoms with Gasteiger partial charge in [-0.15, -0.1) is 24.0 Å². The smallest absolute Gasteiger partial charge is 0.191 e. The monoisotopic (exact) mass is 455 g/mol. The molecule has 0 aliphatic rings. The molecule has 1 heterocycles. The van der Waals surface area contributed by atoms with E-state index in [0.29, 0.717) is 13.2 Å². The number of hydrogen-bond acceptors (Lipinski definition) is 3. The molecule has 0 spiro atoms. The molecule has 0 amide bonds. The summed E-state index contributed by atoms with van der Waals surface area (Å²) in [5, 5.41) is 6.56. The molecule has 5 nitrogen and oxygen atoms in total. The average Bonchev–Trinajstić information content (AvgIpc) is 3.12. The van der Waals surface area contributed by atoms with Gasteiger partial charge >= 0.3 is 0 Å². The van der Waals surface area contributed by atoms with Crippen LogP contribution in [0.4, 0.5) is 0 Å². The zero-order chi connectivity index (χ0) is 17.0. The van der Waals surface area contributed by atoms with Crippen LogP contribution in [0.25, 0.3) is 0 Å². The maximum Gasteiger partial charge on any atom is 0.191 e. The average molecular weight is 455 g/mol. The molecule has 0 radical (unpaired) electrons. The third-order valence-corrected chi connectivity index (χ3v) is 3.32. The number of nitrogens with zero attached hydrogens (tertiary/aromatic N) is 1. The molecule has 136 valence electrons. The van der Waals surface area contributed by atoms with Crippen LogP contribution in [0.15, 0.2) is 64.7 Å². The van der Waals surface area contributed by atoms with Crippen molar-refractivity contribution in [3.05, 3.63) is 66.6 Å². The molecule has 6 heteroatoms. The molecule has 0 unspecified atom stereocenters. The van der Waals surface area contributed by atoms with Crippen LogP contribution in [0.1, 0.15) is 18.2 Å². The number of aliphatic imine (C=N–C) groups is 1. The van der Waals surface area contributed by atoms with Crippen LogP contribution in [-0.4, -0.2) is 25.7 Å². The largest absolute Gasteiger partial charge is 0.489 e. The Morgan fingerprint density at radius 2 is 2.08 bits per heavy atom. The molecule has 2 rings (SSSR count). The van der Waals surface area contributed by atoms with Gasteiger partial charge in [0.25, 0.3) is 0 Å². The van der Waals surface area contributed by atoms with E-state index in [4.69, 9.17) is 9.15 Å². The molecule has 0 saturated carbocycles. The number of nitrogens with one attached hydrogen (secondary N) is 2. The number of rotatable bonds is 9. The molecule has 25 heavy (non-hydrogen) atoms. The highest BCUT2D eigenvalue weighted by molar-refractivity contribution is 14.0. The van der Waals surface area contributed by atoms with Crippen LogP contribution in [0.2, 0.25) is 0 Å². The maximum atomic E-state index is 5.67. The lowest BCUT2D eigenvalue weighted by Crippen LogP contribution is -2.38. The summed E-state index contributed by atoms with van der Waals surface area (Å²) in [5.74, 6) is 2.58. The number of ether oxygens (including phenoxy) is 1. The van der Waals surface area contributed by atoms with Crippen LogP contribution in [0, 0.1) is 0 Å². The molecular formula is C19H26IN3O2. The second-order valence-corrected chi connectivity index (χ2v) is 5.16. The summed E-state index contributed by atoms with van der Waals surface area (Å²) in [5.41, 5.74) is 1.04. The molecule has 0 aliphatic carbocycles. The van der Waals surface area contributed by atoms with Crippen molar-refractivity contribution < 1.29 is 9.15 Å². The fraction of sp³-hybridized carbons (Fsp3) is 0.316. The van der Waals surface area contributed by atoms with Crippen LogP contribution in [0.5, 0.6) is 5.75 Å². The predicted octanol–water partition coefficient (Wildman–Crippen LogP) is 3.76. The maximum absolute atomic E-state index is 5.67. The molecule has 0 aliphatic heterocycles. The third kappa shape index (κ3) is 7.64. The Kier molecular flexibility index (Phi) is 10.5. The summed E-state index contributed by atoms with van der Waals surface area (Å²) in [4.78, 5) is 4.63. The number of guanidine groups is 1. The fourth-order valence-corrected chi connectivity index (χ4v) is 2.19. The summed E-state index contributed by atoms with van der Waals surface area (Å²) < 4.78 is 11.0. The van der Waals surface area contributed by atoms with Gasteiger partial charge in [0.15, 0.2) is 5.96 Å². The summed E-state index contributed by atoms with van der Waals surface area (Å²) >= 11 is 0. The van der Waals surface area contributed by atoms with Crippen molar-refractivity contribution in [2.75, 3.05) is 19.7 Å². The zero-order valence-corrected chi connectivity index (χ0v) is 16.9. The first-order chi connectivity index (χ1) is 11.8. The van der Waals surface area contributed by atoms with Crippen molar-refractivity contribution in [3.8, 4) is 5.75 Å². The van der Waals surface area contributed by atoms with Crippen LogP contribution in [0.3, 0.4) is 0 Å². The summed E-state index contributed by atoms with van der Waals surface area (Å²) in [6, 6.07) is 11.8. The number of benzene rings is 1. The van der Waals surface area contributed by atoms with Crippen molar-refractivity contribution in [1.29, 1.82) is 0 Å². The first kappa shape index (κ1) is 21.1. The van der Waals surface area contributed by atoms with Crippen molar-refractivity contribution in [2.24, 2.45) is 4.99 Å². The van der Waals surface area contributed by atoms with Gasteiger partial charge in [0, 0.05) is 25.1 Å². The first-order valence-electron chi connectivity index (χ1n) is 8.19. The fourth-order valence-electron chi connectivity index (χ4n) is 2.19. The van der Waals surface area contributed by atoms with E-state index in [9.17, 15) is 0 Å². The van der Waals surface area contributed by atoms with Gasteiger partial charge in [0.1, 0.15) is 18.1 Å². The van der Waals surface area contributed by atoms with Gasteiger partial charge in [-0.05, 0) is 25.1 Å². The highest BCUT2D eigenvalue weighted by Gasteiger charge is 2.03. The Hall–Kier alpha value is -1.96. The minimum Gasteiger partial charge on any atom is -0.489 e. The van der Waals surface area contributed by atoms with Crippen LogP contribution < -0.4 is 15.4 Å². The minimum absolute atomic E-state index is 0. The van der Waals surface area contributed by atoms with Crippen molar-refractivity contribution >= 4 is 29.9 Å². The quantitative estimate of drug-likeness (QED) is 0.262. The van der Waals surface area contributed by atoms with Gasteiger partial charge < -0.3 is 19.8 Å². The Balaban J connectivity index is 0.00000312. The van der Waals surface area contributed by atoms with E-state index in [0.717, 1.165) is 42.5 Å². The van der Waals surface area contributed by atoms with Gasteiger partial charge in [-0.2, -0.15) is 0 Å². The predicted molar refractivity (Wildman–Crippen MR) is 113 cm³/mol. The van der Waals surface area contributed by atoms with E-state index in [1.807, 2.05) is 43.3 Å². The van der Waals surface area contributed by atoms with Crippen LogP contribution in [-0.2, 0) is 13.0 Å². The molecule has 0 fully saturated rings. The summed E-state index contributed by atoms with van der Waals surface area (Å²) in [6.07, 6.45) is 4.24. The Bertz CT molecular complexity index is 642. The summed E-state index contributed by atoms with van der Waals surface area (Å²) in [7, 11) is 0. The van der Waals surface area contributed by atoms with E-state index in [1.165, 1.54) is 0 Å². The van der Waals surface area contributed by atoms with E-state index < -0.39 is 0 Å². The lowest BCUT2D eigenvalue weighted by Gasteiger charge is -2.12. The molecule has 1 aromatic heterocycles. The highest BCUT2D eigenvalue weighted by Crippen LogP contribution is 2.18. The minimum atomic E-state index is 0. The van der Waals surface area contributed by atoms with E-state index in [2.05, 4.69) is 22.2 Å². The standard InChI is InChI=1S/C19H25N3O2.HI/c1-3-13-24-18-10-6-5-8-16(18)15-22-19(20-4-2)21-12-11-17-9-7-14-23-17;/h3,5-10,14H,1,4,11-13,15H2,2H3,(H2,20,21,22);1H. The van der Waals surface area contributed by atoms with Gasteiger partial charge in [-0.1, -0.05) is 30.9 Å². The van der Waals surface area contributed by atoms with Gasteiger partial charge in [-0.25, -0.2) is 4.99 Å². The normalized spacial score (nSPS) is 10.7. The van der Waals surface area contributed by atoms with E-state index >= 15 is 0 Å². The van der Waals surface area contributed by atoms with E-state index in [1.54, 1.807) is 12.3 Å². The van der Waals surface area contributed by atoms with Crippen molar-refractivity contribution in [1.82, 2.24) is 10.6 Å². The number of hydrogen-bond donors (Lipinski definition) is 2. The van der Waals surface area contributed by atoms with Crippen LogP contribution >= 0.6 is 24.0 Å². The molecule has 2 aromatic rings. The van der Waals surface area contributed by atoms with E-state index in [-0.39, 0.29) is 24.0 Å². The Labute approximate surface area is 166 Å². The van der Waals surface area contributed by atoms with Gasteiger partial charge in [0.05, 0.1) is 12.8 Å². The Morgan fingerprint density at radius 3 is 2.80 bits per heavy atom. The molecular weight excluding hydrogens is 429 g/mol. The first-order valence-corrected chi connectivity index (χ1v) is 8.19. The number of furan rings is 1. The molecule has 1 aromatic carbocycles. The molecule has 0 bridgehead atoms. The topological polar surface area (TPSA) is 58.8 Å². The van der Waals surface area contributed by atoms with Crippen molar-refractivity contribution in [3.63, 3.8) is 0 Å². The summed E-state index contributed by atoms with van der Waals surface area (Å²) in [6.45, 7) is 8.32. The molecule has 2 N–H and O–H groups in total. The number of halogens is 1. The van der Waals surface area contributed by atoms with Gasteiger partial charge in [-0.3, -0.25) is 0 Å².